The Kier molecular flexibility index (Phi) is 4.46. The molecule has 8 heteroatoms. The summed E-state index contributed by atoms with van der Waals surface area (Å²) >= 11 is 0. The van der Waals surface area contributed by atoms with E-state index in [0.717, 1.165) is 0 Å². The van der Waals surface area contributed by atoms with E-state index in [-0.39, 0.29) is 11.5 Å². The average Bonchev–Trinajstić information content (AvgIpc) is 2.76. The molecule has 7 nitrogen and oxygen atoms in total. The van der Waals surface area contributed by atoms with Crippen LogP contribution in [0.5, 0.6) is 0 Å². The number of amides is 2. The van der Waals surface area contributed by atoms with Crippen molar-refractivity contribution in [3.8, 4) is 0 Å². The van der Waals surface area contributed by atoms with Gasteiger partial charge in [0, 0.05) is 6.04 Å². The largest absolute Gasteiger partial charge is 0.479 e. The Morgan fingerprint density at radius 1 is 1.24 bits per heavy atom. The van der Waals surface area contributed by atoms with Crippen LogP contribution < -0.4 is 10.6 Å². The van der Waals surface area contributed by atoms with Gasteiger partial charge in [-0.25, -0.2) is 18.0 Å². The third-order valence-corrected chi connectivity index (χ3v) is 4.99. The number of hydrogen-bond acceptors (Lipinski definition) is 4. The monoisotopic (exact) mass is 312 g/mol. The zero-order valence-electron chi connectivity index (χ0n) is 11.2. The van der Waals surface area contributed by atoms with Crippen molar-refractivity contribution in [1.29, 1.82) is 0 Å². The van der Waals surface area contributed by atoms with Crippen LogP contribution >= 0.6 is 0 Å². The maximum Gasteiger partial charge on any atom is 0.330 e. The van der Waals surface area contributed by atoms with Crippen LogP contribution in [0.3, 0.4) is 0 Å². The van der Waals surface area contributed by atoms with E-state index in [0.29, 0.717) is 12.0 Å². The number of sulfone groups is 1. The van der Waals surface area contributed by atoms with Crippen LogP contribution in [0.4, 0.5) is 4.79 Å². The lowest BCUT2D eigenvalue weighted by atomic mass is 10.1. The molecule has 1 fully saturated rings. The number of benzene rings is 1. The van der Waals surface area contributed by atoms with E-state index in [2.05, 4.69) is 10.6 Å². The first-order chi connectivity index (χ1) is 9.87. The number of nitrogens with one attached hydrogen (secondary N) is 2. The van der Waals surface area contributed by atoms with Crippen molar-refractivity contribution in [1.82, 2.24) is 10.6 Å². The normalized spacial score (nSPS) is 21.4. The summed E-state index contributed by atoms with van der Waals surface area (Å²) in [4.78, 5) is 23.1. The van der Waals surface area contributed by atoms with Gasteiger partial charge in [0.2, 0.25) is 0 Å². The molecule has 0 aromatic heterocycles. The fourth-order valence-electron chi connectivity index (χ4n) is 2.20. The van der Waals surface area contributed by atoms with Gasteiger partial charge in [0.05, 0.1) is 11.5 Å². The molecule has 114 valence electrons. The first-order valence-corrected chi connectivity index (χ1v) is 8.25. The molecule has 0 bridgehead atoms. The van der Waals surface area contributed by atoms with Crippen molar-refractivity contribution in [2.45, 2.75) is 18.5 Å². The van der Waals surface area contributed by atoms with Crippen LogP contribution in [0.2, 0.25) is 0 Å². The van der Waals surface area contributed by atoms with E-state index in [1.54, 1.807) is 30.3 Å². The Hall–Kier alpha value is -2.09. The summed E-state index contributed by atoms with van der Waals surface area (Å²) in [6.07, 6.45) is 0.346. The van der Waals surface area contributed by atoms with E-state index in [1.165, 1.54) is 0 Å². The number of carbonyl (C=O) groups excluding carboxylic acids is 1. The smallest absolute Gasteiger partial charge is 0.330 e. The second-order valence-corrected chi connectivity index (χ2v) is 7.13. The highest BCUT2D eigenvalue weighted by molar-refractivity contribution is 7.91. The van der Waals surface area contributed by atoms with Gasteiger partial charge >= 0.3 is 12.0 Å². The van der Waals surface area contributed by atoms with Gasteiger partial charge in [0.15, 0.2) is 15.9 Å². The molecule has 0 saturated carbocycles. The minimum Gasteiger partial charge on any atom is -0.479 e. The SMILES string of the molecule is O=C(NC1CCS(=O)(=O)C1)N[C@H](C(=O)O)c1ccccc1. The highest BCUT2D eigenvalue weighted by atomic mass is 32.2. The summed E-state index contributed by atoms with van der Waals surface area (Å²) in [5, 5.41) is 14.0. The molecule has 2 atom stereocenters. The average molecular weight is 312 g/mol. The van der Waals surface area contributed by atoms with Crippen molar-refractivity contribution in [2.75, 3.05) is 11.5 Å². The molecule has 1 unspecified atom stereocenters. The van der Waals surface area contributed by atoms with Crippen LogP contribution in [0.25, 0.3) is 0 Å². The molecule has 1 saturated heterocycles. The van der Waals surface area contributed by atoms with E-state index in [9.17, 15) is 23.1 Å². The molecule has 1 aliphatic heterocycles. The highest BCUT2D eigenvalue weighted by Gasteiger charge is 2.30. The van der Waals surface area contributed by atoms with Gasteiger partial charge in [-0.3, -0.25) is 0 Å². The lowest BCUT2D eigenvalue weighted by Crippen LogP contribution is -2.45. The van der Waals surface area contributed by atoms with Crippen LogP contribution in [0, 0.1) is 0 Å². The minimum absolute atomic E-state index is 0.0407. The van der Waals surface area contributed by atoms with E-state index >= 15 is 0 Å². The molecule has 0 spiro atoms. The Labute approximate surface area is 122 Å². The molecule has 3 N–H and O–H groups in total. The summed E-state index contributed by atoms with van der Waals surface area (Å²) in [5.74, 6) is -1.25. The Balaban J connectivity index is 1.98. The molecule has 2 rings (SSSR count). The predicted octanol–water partition coefficient (Wildman–Crippen LogP) is 0.299. The maximum atomic E-state index is 11.8. The highest BCUT2D eigenvalue weighted by Crippen LogP contribution is 2.14. The zero-order valence-corrected chi connectivity index (χ0v) is 12.0. The van der Waals surface area contributed by atoms with Crippen LogP contribution in [-0.2, 0) is 14.6 Å². The molecule has 0 aliphatic carbocycles. The van der Waals surface area contributed by atoms with E-state index in [1.807, 2.05) is 0 Å². The lowest BCUT2D eigenvalue weighted by Gasteiger charge is -2.17. The van der Waals surface area contributed by atoms with Gasteiger partial charge in [-0.15, -0.1) is 0 Å². The summed E-state index contributed by atoms with van der Waals surface area (Å²) in [5.41, 5.74) is 0.444. The summed E-state index contributed by atoms with van der Waals surface area (Å²) in [6.45, 7) is 0. The molecule has 1 aromatic carbocycles. The van der Waals surface area contributed by atoms with Gasteiger partial charge in [0.25, 0.3) is 0 Å². The summed E-state index contributed by atoms with van der Waals surface area (Å²) in [7, 11) is -3.10. The first kappa shape index (κ1) is 15.3. The van der Waals surface area contributed by atoms with Crippen molar-refractivity contribution in [3.63, 3.8) is 0 Å². The Bertz CT molecular complexity index is 629. The number of rotatable bonds is 4. The fraction of sp³-hybridized carbons (Fsp3) is 0.385. The quantitative estimate of drug-likeness (QED) is 0.740. The number of hydrogen-bond donors (Lipinski definition) is 3. The van der Waals surface area contributed by atoms with Crippen molar-refractivity contribution >= 4 is 21.8 Å². The third-order valence-electron chi connectivity index (χ3n) is 3.22. The number of carbonyl (C=O) groups is 2. The maximum absolute atomic E-state index is 11.8. The molecule has 2 amide bonds. The molecular formula is C13H16N2O5S. The predicted molar refractivity (Wildman–Crippen MR) is 75.5 cm³/mol. The summed E-state index contributed by atoms with van der Waals surface area (Å²) in [6, 6.07) is 5.95. The first-order valence-electron chi connectivity index (χ1n) is 6.42. The standard InChI is InChI=1S/C13H16N2O5S/c16-12(17)11(9-4-2-1-3-5-9)15-13(18)14-10-6-7-21(19,20)8-10/h1-5,10-11H,6-8H2,(H,16,17)(H2,14,15,18)/t10?,11-/m0/s1. The van der Waals surface area contributed by atoms with Crippen LogP contribution in [0.1, 0.15) is 18.0 Å². The van der Waals surface area contributed by atoms with Gasteiger partial charge in [0.1, 0.15) is 0 Å². The Morgan fingerprint density at radius 2 is 1.90 bits per heavy atom. The molecule has 0 radical (unpaired) electrons. The lowest BCUT2D eigenvalue weighted by molar-refractivity contribution is -0.139. The number of urea groups is 1. The van der Waals surface area contributed by atoms with Gasteiger partial charge < -0.3 is 15.7 Å². The number of carboxylic acid groups (broad SMARTS) is 1. The topological polar surface area (TPSA) is 113 Å². The fourth-order valence-corrected chi connectivity index (χ4v) is 3.87. The Morgan fingerprint density at radius 3 is 2.43 bits per heavy atom. The number of aliphatic carboxylic acids is 1. The van der Waals surface area contributed by atoms with Crippen molar-refractivity contribution in [2.24, 2.45) is 0 Å². The molecule has 1 aromatic rings. The van der Waals surface area contributed by atoms with Crippen molar-refractivity contribution in [3.05, 3.63) is 35.9 Å². The van der Waals surface area contributed by atoms with Gasteiger partial charge in [-0.05, 0) is 12.0 Å². The second-order valence-electron chi connectivity index (χ2n) is 4.90. The zero-order chi connectivity index (χ0) is 15.5. The molecule has 1 aliphatic rings. The molecule has 1 heterocycles. The minimum atomic E-state index is -3.10. The van der Waals surface area contributed by atoms with Crippen molar-refractivity contribution < 1.29 is 23.1 Å². The van der Waals surface area contributed by atoms with E-state index < -0.39 is 33.9 Å². The van der Waals surface area contributed by atoms with Crippen LogP contribution in [0.15, 0.2) is 30.3 Å². The van der Waals surface area contributed by atoms with Crippen LogP contribution in [-0.4, -0.2) is 43.1 Å². The van der Waals surface area contributed by atoms with E-state index in [4.69, 9.17) is 0 Å². The van der Waals surface area contributed by atoms with Gasteiger partial charge in [-0.1, -0.05) is 30.3 Å². The summed E-state index contributed by atoms with van der Waals surface area (Å²) < 4.78 is 22.6. The molecular weight excluding hydrogens is 296 g/mol. The molecule has 21 heavy (non-hydrogen) atoms. The second kappa shape index (κ2) is 6.13. The third kappa shape index (κ3) is 4.19. The van der Waals surface area contributed by atoms with Gasteiger partial charge in [-0.2, -0.15) is 0 Å². The number of carboxylic acids is 1.